The van der Waals surface area contributed by atoms with Gasteiger partial charge in [-0.1, -0.05) is 30.3 Å². The maximum atomic E-state index is 12.8. The molecule has 0 bridgehead atoms. The second-order valence-electron chi connectivity index (χ2n) is 6.79. The van der Waals surface area contributed by atoms with E-state index in [-0.39, 0.29) is 12.1 Å². The highest BCUT2D eigenvalue weighted by atomic mass is 16.3. The van der Waals surface area contributed by atoms with Crippen molar-refractivity contribution < 1.29 is 9.21 Å². The van der Waals surface area contributed by atoms with Gasteiger partial charge in [-0.15, -0.1) is 0 Å². The van der Waals surface area contributed by atoms with E-state index in [2.05, 4.69) is 24.4 Å². The van der Waals surface area contributed by atoms with E-state index in [1.807, 2.05) is 43.0 Å². The second kappa shape index (κ2) is 7.12. The summed E-state index contributed by atoms with van der Waals surface area (Å²) < 4.78 is 5.53. The molecule has 0 radical (unpaired) electrons. The zero-order valence-corrected chi connectivity index (χ0v) is 14.7. The molecule has 1 aromatic heterocycles. The number of hydrogen-bond donors (Lipinski definition) is 1. The monoisotopic (exact) mass is 326 g/mol. The smallest absolute Gasteiger partial charge is 0.318 e. The van der Waals surface area contributed by atoms with E-state index in [0.717, 1.165) is 22.6 Å². The molecule has 1 aliphatic carbocycles. The number of furan rings is 1. The van der Waals surface area contributed by atoms with Crippen LogP contribution in [0.2, 0.25) is 0 Å². The highest BCUT2D eigenvalue weighted by molar-refractivity contribution is 5.74. The van der Waals surface area contributed by atoms with Crippen LogP contribution in [0.4, 0.5) is 4.79 Å². The lowest BCUT2D eigenvalue weighted by molar-refractivity contribution is 0.167. The quantitative estimate of drug-likeness (QED) is 0.855. The molecule has 1 aliphatic rings. The SMILES string of the molecule is Cc1cc(CNC(=O)N(Cc2ccccc2)C(C)C2CC2)c(C)o1. The van der Waals surface area contributed by atoms with Crippen molar-refractivity contribution >= 4 is 6.03 Å². The van der Waals surface area contributed by atoms with Crippen LogP contribution < -0.4 is 5.32 Å². The van der Waals surface area contributed by atoms with Crippen LogP contribution in [0.1, 0.15) is 42.4 Å². The van der Waals surface area contributed by atoms with Crippen molar-refractivity contribution in [3.05, 3.63) is 59.0 Å². The Bertz CT molecular complexity index is 689. The zero-order valence-electron chi connectivity index (χ0n) is 14.7. The molecule has 1 fully saturated rings. The predicted octanol–water partition coefficient (Wildman–Crippen LogP) is 4.41. The number of hydrogen-bond acceptors (Lipinski definition) is 2. The summed E-state index contributed by atoms with van der Waals surface area (Å²) in [6.45, 7) is 7.17. The maximum Gasteiger partial charge on any atom is 0.318 e. The Morgan fingerprint density at radius 1 is 1.29 bits per heavy atom. The average Bonchev–Trinajstić information content (AvgIpc) is 3.36. The van der Waals surface area contributed by atoms with Gasteiger partial charge in [-0.05, 0) is 51.2 Å². The molecule has 1 unspecified atom stereocenters. The van der Waals surface area contributed by atoms with Gasteiger partial charge in [-0.25, -0.2) is 4.79 Å². The standard InChI is InChI=1S/C20H26N2O2/c1-14-11-19(16(3)24-14)12-21-20(23)22(15(2)18-9-10-18)13-17-7-5-4-6-8-17/h4-8,11,15,18H,9-10,12-13H2,1-3H3,(H,21,23). The second-order valence-corrected chi connectivity index (χ2v) is 6.79. The molecule has 2 aromatic rings. The summed E-state index contributed by atoms with van der Waals surface area (Å²) in [6, 6.07) is 12.4. The topological polar surface area (TPSA) is 45.5 Å². The van der Waals surface area contributed by atoms with Crippen LogP contribution in [0, 0.1) is 19.8 Å². The first kappa shape index (κ1) is 16.6. The zero-order chi connectivity index (χ0) is 17.1. The fraction of sp³-hybridized carbons (Fsp3) is 0.450. The summed E-state index contributed by atoms with van der Waals surface area (Å²) >= 11 is 0. The summed E-state index contributed by atoms with van der Waals surface area (Å²) in [7, 11) is 0. The molecule has 3 rings (SSSR count). The van der Waals surface area contributed by atoms with Gasteiger partial charge in [0.25, 0.3) is 0 Å². The number of aryl methyl sites for hydroxylation is 2. The van der Waals surface area contributed by atoms with E-state index in [4.69, 9.17) is 4.42 Å². The van der Waals surface area contributed by atoms with Crippen LogP contribution in [0.5, 0.6) is 0 Å². The molecule has 0 saturated heterocycles. The molecule has 1 aromatic carbocycles. The normalized spacial score (nSPS) is 15.1. The number of rotatable bonds is 6. The Hall–Kier alpha value is -2.23. The minimum Gasteiger partial charge on any atom is -0.466 e. The van der Waals surface area contributed by atoms with Gasteiger partial charge in [0.2, 0.25) is 0 Å². The molecule has 0 aliphatic heterocycles. The maximum absolute atomic E-state index is 12.8. The lowest BCUT2D eigenvalue weighted by Crippen LogP contribution is -2.45. The molecular formula is C20H26N2O2. The Kier molecular flexibility index (Phi) is 4.93. The average molecular weight is 326 g/mol. The van der Waals surface area contributed by atoms with Crippen LogP contribution in [0.3, 0.4) is 0 Å². The summed E-state index contributed by atoms with van der Waals surface area (Å²) in [4.78, 5) is 14.8. The first-order valence-electron chi connectivity index (χ1n) is 8.69. The van der Waals surface area contributed by atoms with Crippen molar-refractivity contribution in [2.75, 3.05) is 0 Å². The first-order chi connectivity index (χ1) is 11.5. The molecule has 128 valence electrons. The van der Waals surface area contributed by atoms with Gasteiger partial charge in [0, 0.05) is 24.7 Å². The van der Waals surface area contributed by atoms with Gasteiger partial charge in [-0.3, -0.25) is 0 Å². The van der Waals surface area contributed by atoms with Gasteiger partial charge in [0.1, 0.15) is 11.5 Å². The van der Waals surface area contributed by atoms with E-state index in [1.165, 1.54) is 12.8 Å². The third-order valence-corrected chi connectivity index (χ3v) is 4.83. The van der Waals surface area contributed by atoms with Crippen molar-refractivity contribution in [3.63, 3.8) is 0 Å². The van der Waals surface area contributed by atoms with Crippen molar-refractivity contribution in [1.29, 1.82) is 0 Å². The van der Waals surface area contributed by atoms with Gasteiger partial charge >= 0.3 is 6.03 Å². The highest BCUT2D eigenvalue weighted by Crippen LogP contribution is 2.35. The van der Waals surface area contributed by atoms with Crippen LogP contribution in [-0.4, -0.2) is 17.0 Å². The van der Waals surface area contributed by atoms with Crippen molar-refractivity contribution in [1.82, 2.24) is 10.2 Å². The van der Waals surface area contributed by atoms with Crippen LogP contribution in [0.15, 0.2) is 40.8 Å². The minimum atomic E-state index is -0.00324. The number of urea groups is 1. The molecule has 4 heteroatoms. The number of benzene rings is 1. The molecule has 1 N–H and O–H groups in total. The van der Waals surface area contributed by atoms with Gasteiger partial charge in [-0.2, -0.15) is 0 Å². The van der Waals surface area contributed by atoms with Crippen LogP contribution in [0.25, 0.3) is 0 Å². The van der Waals surface area contributed by atoms with E-state index in [0.29, 0.717) is 19.0 Å². The van der Waals surface area contributed by atoms with Crippen molar-refractivity contribution in [2.45, 2.75) is 52.7 Å². The summed E-state index contributed by atoms with van der Waals surface area (Å²) in [6.07, 6.45) is 2.44. The number of carbonyl (C=O) groups excluding carboxylic acids is 1. The Labute approximate surface area is 143 Å². The van der Waals surface area contributed by atoms with E-state index >= 15 is 0 Å². The molecule has 4 nitrogen and oxygen atoms in total. The molecule has 1 heterocycles. The summed E-state index contributed by atoms with van der Waals surface area (Å²) in [5.74, 6) is 2.39. The van der Waals surface area contributed by atoms with Gasteiger partial charge in [0.15, 0.2) is 0 Å². The number of carbonyl (C=O) groups is 1. The lowest BCUT2D eigenvalue weighted by Gasteiger charge is -2.29. The minimum absolute atomic E-state index is 0.00324. The largest absolute Gasteiger partial charge is 0.466 e. The number of amides is 2. The molecular weight excluding hydrogens is 300 g/mol. The van der Waals surface area contributed by atoms with E-state index < -0.39 is 0 Å². The lowest BCUT2D eigenvalue weighted by atomic mass is 10.1. The molecule has 1 atom stereocenters. The molecule has 0 spiro atoms. The van der Waals surface area contributed by atoms with Crippen molar-refractivity contribution in [2.24, 2.45) is 5.92 Å². The number of nitrogens with zero attached hydrogens (tertiary/aromatic N) is 1. The van der Waals surface area contributed by atoms with Gasteiger partial charge < -0.3 is 14.6 Å². The first-order valence-corrected chi connectivity index (χ1v) is 8.69. The van der Waals surface area contributed by atoms with Crippen molar-refractivity contribution in [3.8, 4) is 0 Å². The molecule has 1 saturated carbocycles. The third kappa shape index (κ3) is 3.99. The predicted molar refractivity (Wildman–Crippen MR) is 94.6 cm³/mol. The Morgan fingerprint density at radius 3 is 2.58 bits per heavy atom. The van der Waals surface area contributed by atoms with Crippen LogP contribution in [-0.2, 0) is 13.1 Å². The Morgan fingerprint density at radius 2 is 2.00 bits per heavy atom. The fourth-order valence-electron chi connectivity index (χ4n) is 3.15. The van der Waals surface area contributed by atoms with E-state index in [9.17, 15) is 4.79 Å². The summed E-state index contributed by atoms with van der Waals surface area (Å²) in [5, 5.41) is 3.06. The highest BCUT2D eigenvalue weighted by Gasteiger charge is 2.34. The molecule has 24 heavy (non-hydrogen) atoms. The number of nitrogens with one attached hydrogen (secondary N) is 1. The van der Waals surface area contributed by atoms with Gasteiger partial charge in [0.05, 0.1) is 0 Å². The summed E-state index contributed by atoms with van der Waals surface area (Å²) in [5.41, 5.74) is 2.20. The third-order valence-electron chi connectivity index (χ3n) is 4.83. The molecule has 2 amide bonds. The van der Waals surface area contributed by atoms with Crippen LogP contribution >= 0.6 is 0 Å². The Balaban J connectivity index is 1.67. The fourth-order valence-corrected chi connectivity index (χ4v) is 3.15. The van der Waals surface area contributed by atoms with E-state index in [1.54, 1.807) is 0 Å².